The van der Waals surface area contributed by atoms with Crippen LogP contribution in [-0.4, -0.2) is 0 Å². The van der Waals surface area contributed by atoms with Crippen LogP contribution in [0.5, 0.6) is 0 Å². The average molecular weight is 119 g/mol. The molecule has 0 fully saturated rings. The molecule has 0 aliphatic carbocycles. The maximum atomic E-state index is 5.31. The average Bonchev–Trinajstić information content (AvgIpc) is 1.30. The van der Waals surface area contributed by atoms with Gasteiger partial charge in [0.2, 0.25) is 0 Å². The third kappa shape index (κ3) is 6.03. The molecular formula is C6H11Cl. The maximum Gasteiger partial charge on any atom is 0.000774 e. The smallest absolute Gasteiger partial charge is 0.000774 e. The Morgan fingerprint density at radius 2 is 1.71 bits per heavy atom. The van der Waals surface area contributed by atoms with E-state index in [0.29, 0.717) is 0 Å². The quantitative estimate of drug-likeness (QED) is 0.459. The largest absolute Gasteiger partial charge is 0.0933 e. The van der Waals surface area contributed by atoms with Crippen molar-refractivity contribution < 1.29 is 0 Å². The molecule has 0 nitrogen and oxygen atoms in total. The van der Waals surface area contributed by atoms with Gasteiger partial charge in [0.1, 0.15) is 0 Å². The van der Waals surface area contributed by atoms with Gasteiger partial charge in [0, 0.05) is 5.54 Å². The molecule has 0 unspecified atom stereocenters. The van der Waals surface area contributed by atoms with Crippen molar-refractivity contribution in [3.63, 3.8) is 0 Å². The first-order valence-corrected chi connectivity index (χ1v) is 2.78. The molecule has 42 valence electrons. The van der Waals surface area contributed by atoms with Crippen LogP contribution in [0.3, 0.4) is 0 Å². The van der Waals surface area contributed by atoms with Gasteiger partial charge in [-0.05, 0) is 5.41 Å². The molecule has 0 amide bonds. The number of hydrogen-bond donors (Lipinski definition) is 0. The summed E-state index contributed by atoms with van der Waals surface area (Å²) >= 11 is 5.31. The SMILES string of the molecule is CC(C)(C)/C=C\Cl. The minimum Gasteiger partial charge on any atom is -0.0933 e. The predicted molar refractivity (Wildman–Crippen MR) is 34.4 cm³/mol. The summed E-state index contributed by atoms with van der Waals surface area (Å²) in [6, 6.07) is 0. The first-order chi connectivity index (χ1) is 3.06. The summed E-state index contributed by atoms with van der Waals surface area (Å²) in [5.41, 5.74) is 1.79. The Morgan fingerprint density at radius 3 is 1.71 bits per heavy atom. The zero-order chi connectivity index (χ0) is 5.91. The highest BCUT2D eigenvalue weighted by molar-refractivity contribution is 6.25. The van der Waals surface area contributed by atoms with Gasteiger partial charge in [0.15, 0.2) is 0 Å². The summed E-state index contributed by atoms with van der Waals surface area (Å²) < 4.78 is 0. The van der Waals surface area contributed by atoms with Gasteiger partial charge in [-0.1, -0.05) is 38.4 Å². The molecule has 0 aliphatic heterocycles. The zero-order valence-corrected chi connectivity index (χ0v) is 5.79. The Balaban J connectivity index is 3.56. The van der Waals surface area contributed by atoms with Crippen LogP contribution in [0.15, 0.2) is 11.6 Å². The number of allylic oxidation sites excluding steroid dienone is 1. The highest BCUT2D eigenvalue weighted by Crippen LogP contribution is 2.14. The van der Waals surface area contributed by atoms with Gasteiger partial charge in [0.05, 0.1) is 0 Å². The lowest BCUT2D eigenvalue weighted by Crippen LogP contribution is -1.97. The molecule has 0 rings (SSSR count). The van der Waals surface area contributed by atoms with Crippen molar-refractivity contribution >= 4 is 11.6 Å². The fourth-order valence-corrected chi connectivity index (χ4v) is 0.567. The second kappa shape index (κ2) is 2.37. The first-order valence-electron chi connectivity index (χ1n) is 2.34. The molecule has 0 aromatic rings. The molecule has 7 heavy (non-hydrogen) atoms. The van der Waals surface area contributed by atoms with Gasteiger partial charge >= 0.3 is 0 Å². The normalized spacial score (nSPS) is 13.1. The Kier molecular flexibility index (Phi) is 2.38. The third-order valence-corrected chi connectivity index (χ3v) is 0.689. The van der Waals surface area contributed by atoms with Gasteiger partial charge in [-0.2, -0.15) is 0 Å². The molecule has 0 aliphatic rings. The summed E-state index contributed by atoms with van der Waals surface area (Å²) in [4.78, 5) is 0. The Bertz CT molecular complexity index is 66.7. The molecule has 0 spiro atoms. The standard InChI is InChI=1S/C6H11Cl/c1-6(2,3)4-5-7/h4-5H,1-3H3/b5-4-. The van der Waals surface area contributed by atoms with Gasteiger partial charge in [-0.3, -0.25) is 0 Å². The number of rotatable bonds is 0. The van der Waals surface area contributed by atoms with Crippen LogP contribution in [0.25, 0.3) is 0 Å². The van der Waals surface area contributed by atoms with Crippen LogP contribution < -0.4 is 0 Å². The topological polar surface area (TPSA) is 0 Å². The summed E-state index contributed by atoms with van der Waals surface area (Å²) in [7, 11) is 0. The molecule has 0 aromatic carbocycles. The summed E-state index contributed by atoms with van der Waals surface area (Å²) in [6.07, 6.45) is 1.95. The van der Waals surface area contributed by atoms with Crippen molar-refractivity contribution in [2.24, 2.45) is 5.41 Å². The molecule has 0 heterocycles. The second-order valence-electron chi connectivity index (χ2n) is 2.66. The fraction of sp³-hybridized carbons (Fsp3) is 0.667. The highest BCUT2D eigenvalue weighted by Gasteiger charge is 2.01. The highest BCUT2D eigenvalue weighted by atomic mass is 35.5. The van der Waals surface area contributed by atoms with E-state index in [0.717, 1.165) is 0 Å². The van der Waals surface area contributed by atoms with Crippen molar-refractivity contribution in [3.05, 3.63) is 11.6 Å². The molecule has 0 N–H and O–H groups in total. The van der Waals surface area contributed by atoms with Crippen LogP contribution in [0, 0.1) is 5.41 Å². The zero-order valence-electron chi connectivity index (χ0n) is 5.03. The summed E-state index contributed by atoms with van der Waals surface area (Å²) in [5.74, 6) is 0. The minimum atomic E-state index is 0.238. The van der Waals surface area contributed by atoms with Crippen molar-refractivity contribution in [1.29, 1.82) is 0 Å². The Morgan fingerprint density at radius 1 is 1.29 bits per heavy atom. The lowest BCUT2D eigenvalue weighted by Gasteiger charge is -2.08. The van der Waals surface area contributed by atoms with E-state index < -0.39 is 0 Å². The molecule has 0 radical (unpaired) electrons. The summed E-state index contributed by atoms with van der Waals surface area (Å²) in [6.45, 7) is 6.31. The van der Waals surface area contributed by atoms with Crippen LogP contribution in [0.2, 0.25) is 0 Å². The number of hydrogen-bond acceptors (Lipinski definition) is 0. The predicted octanol–water partition coefficient (Wildman–Crippen LogP) is 2.79. The molecule has 0 aromatic heterocycles. The minimum absolute atomic E-state index is 0.238. The van der Waals surface area contributed by atoms with Crippen LogP contribution in [-0.2, 0) is 0 Å². The van der Waals surface area contributed by atoms with Crippen molar-refractivity contribution in [2.75, 3.05) is 0 Å². The van der Waals surface area contributed by atoms with E-state index in [4.69, 9.17) is 11.6 Å². The van der Waals surface area contributed by atoms with E-state index in [1.807, 2.05) is 6.08 Å². The fourth-order valence-electron chi connectivity index (χ4n) is 0.189. The van der Waals surface area contributed by atoms with E-state index in [1.165, 1.54) is 0 Å². The molecule has 1 heteroatoms. The van der Waals surface area contributed by atoms with Gasteiger partial charge < -0.3 is 0 Å². The lowest BCUT2D eigenvalue weighted by molar-refractivity contribution is 0.545. The van der Waals surface area contributed by atoms with E-state index in [9.17, 15) is 0 Å². The van der Waals surface area contributed by atoms with Crippen molar-refractivity contribution in [3.8, 4) is 0 Å². The second-order valence-corrected chi connectivity index (χ2v) is 2.91. The monoisotopic (exact) mass is 118 g/mol. The van der Waals surface area contributed by atoms with E-state index >= 15 is 0 Å². The van der Waals surface area contributed by atoms with Crippen molar-refractivity contribution in [2.45, 2.75) is 20.8 Å². The van der Waals surface area contributed by atoms with Crippen LogP contribution in [0.1, 0.15) is 20.8 Å². The molecule has 0 saturated carbocycles. The van der Waals surface area contributed by atoms with Crippen LogP contribution in [0.4, 0.5) is 0 Å². The summed E-state index contributed by atoms with van der Waals surface area (Å²) in [5, 5.41) is 0. The van der Waals surface area contributed by atoms with Crippen LogP contribution >= 0.6 is 11.6 Å². The lowest BCUT2D eigenvalue weighted by atomic mass is 9.98. The Labute approximate surface area is 50.2 Å². The van der Waals surface area contributed by atoms with E-state index in [1.54, 1.807) is 5.54 Å². The van der Waals surface area contributed by atoms with Gasteiger partial charge in [-0.25, -0.2) is 0 Å². The van der Waals surface area contributed by atoms with Crippen molar-refractivity contribution in [1.82, 2.24) is 0 Å². The van der Waals surface area contributed by atoms with E-state index in [2.05, 4.69) is 20.8 Å². The Hall–Kier alpha value is 0.0300. The third-order valence-electron chi connectivity index (χ3n) is 0.563. The van der Waals surface area contributed by atoms with E-state index in [-0.39, 0.29) is 5.41 Å². The molecule has 0 atom stereocenters. The number of halogens is 1. The molecular weight excluding hydrogens is 108 g/mol. The van der Waals surface area contributed by atoms with Gasteiger partial charge in [-0.15, -0.1) is 0 Å². The first kappa shape index (κ1) is 7.03. The maximum absolute atomic E-state index is 5.31. The van der Waals surface area contributed by atoms with Gasteiger partial charge in [0.25, 0.3) is 0 Å². The molecule has 0 bridgehead atoms. The molecule has 0 saturated heterocycles.